The van der Waals surface area contributed by atoms with E-state index < -0.39 is 11.9 Å². The Balaban J connectivity index is 1.87. The average molecular weight is 593 g/mol. The van der Waals surface area contributed by atoms with E-state index in [1.165, 1.54) is 0 Å². The van der Waals surface area contributed by atoms with Crippen molar-refractivity contribution in [2.45, 2.75) is 85.2 Å². The fourth-order valence-electron chi connectivity index (χ4n) is 4.24. The van der Waals surface area contributed by atoms with Crippen molar-refractivity contribution in [2.24, 2.45) is 0 Å². The van der Waals surface area contributed by atoms with Gasteiger partial charge in [0.1, 0.15) is 23.9 Å². The summed E-state index contributed by atoms with van der Waals surface area (Å²) in [5.74, 6) is 0.133. The van der Waals surface area contributed by atoms with Gasteiger partial charge in [0, 0.05) is 30.4 Å². The molecule has 0 aliphatic rings. The van der Waals surface area contributed by atoms with Crippen LogP contribution >= 0.6 is 0 Å². The van der Waals surface area contributed by atoms with E-state index in [0.29, 0.717) is 68.4 Å². The van der Waals surface area contributed by atoms with Crippen LogP contribution in [0.1, 0.15) is 81.0 Å². The zero-order valence-corrected chi connectivity index (χ0v) is 25.9. The maximum atomic E-state index is 12.3. The summed E-state index contributed by atoms with van der Waals surface area (Å²) in [6, 6.07) is 11.8. The van der Waals surface area contributed by atoms with Crippen LogP contribution in [0.15, 0.2) is 60.7 Å². The number of hydrogen-bond donors (Lipinski definition) is 0. The summed E-state index contributed by atoms with van der Waals surface area (Å²) in [6.07, 6.45) is 5.01. The molecule has 0 heterocycles. The average Bonchev–Trinajstić information content (AvgIpc) is 2.95. The molecule has 2 aromatic carbocycles. The van der Waals surface area contributed by atoms with Crippen molar-refractivity contribution >= 4 is 24.2 Å². The fourth-order valence-corrected chi connectivity index (χ4v) is 4.24. The minimum Gasteiger partial charge on any atom is -0.490 e. The minimum atomic E-state index is -0.441. The lowest BCUT2D eigenvalue weighted by Gasteiger charge is -2.20. The molecule has 0 bridgehead atoms. The Labute approximate surface area is 255 Å². The molecule has 0 fully saturated rings. The van der Waals surface area contributed by atoms with E-state index in [0.717, 1.165) is 40.7 Å². The second-order valence-electron chi connectivity index (χ2n) is 10.8. The Morgan fingerprint density at radius 1 is 0.791 bits per heavy atom. The van der Waals surface area contributed by atoms with Gasteiger partial charge in [0.25, 0.3) is 0 Å². The van der Waals surface area contributed by atoms with Crippen molar-refractivity contribution in [1.29, 1.82) is 0 Å². The molecule has 0 aromatic heterocycles. The Morgan fingerprint density at radius 3 is 1.93 bits per heavy atom. The molecule has 1 atom stereocenters. The molecule has 0 spiro atoms. The Kier molecular flexibility index (Phi) is 14.9. The maximum absolute atomic E-state index is 12.3. The normalized spacial score (nSPS) is 11.3. The fraction of sp³-hybridized carbons (Fsp3) is 0.429. The lowest BCUT2D eigenvalue weighted by molar-refractivity contribution is -0.140. The van der Waals surface area contributed by atoms with Crippen molar-refractivity contribution in [3.05, 3.63) is 83.0 Å². The van der Waals surface area contributed by atoms with Crippen LogP contribution in [-0.2, 0) is 35.1 Å². The van der Waals surface area contributed by atoms with Crippen molar-refractivity contribution < 1.29 is 38.1 Å². The first-order valence-corrected chi connectivity index (χ1v) is 14.7. The van der Waals surface area contributed by atoms with Crippen LogP contribution in [0.2, 0.25) is 0 Å². The molecule has 0 amide bonds. The van der Waals surface area contributed by atoms with Crippen LogP contribution in [-0.4, -0.2) is 43.5 Å². The Bertz CT molecular complexity index is 1290. The van der Waals surface area contributed by atoms with Crippen molar-refractivity contribution in [1.82, 2.24) is 0 Å². The molecule has 8 heteroatoms. The highest BCUT2D eigenvalue weighted by Gasteiger charge is 2.15. The molecule has 8 nitrogen and oxygen atoms in total. The van der Waals surface area contributed by atoms with Gasteiger partial charge in [-0.1, -0.05) is 37.4 Å². The summed E-state index contributed by atoms with van der Waals surface area (Å²) in [4.78, 5) is 46.3. The number of aldehydes is 1. The van der Waals surface area contributed by atoms with Gasteiger partial charge in [-0.25, -0.2) is 9.59 Å². The lowest BCUT2D eigenvalue weighted by atomic mass is 10.0. The molecule has 0 radical (unpaired) electrons. The van der Waals surface area contributed by atoms with Gasteiger partial charge >= 0.3 is 17.9 Å². The van der Waals surface area contributed by atoms with Gasteiger partial charge in [-0.05, 0) is 94.2 Å². The zero-order valence-electron chi connectivity index (χ0n) is 25.9. The first-order valence-electron chi connectivity index (χ1n) is 14.7. The van der Waals surface area contributed by atoms with Gasteiger partial charge in [0.15, 0.2) is 0 Å². The molecule has 0 aliphatic carbocycles. The third-order valence-electron chi connectivity index (χ3n) is 6.64. The summed E-state index contributed by atoms with van der Waals surface area (Å²) >= 11 is 0. The molecule has 0 saturated carbocycles. The topological polar surface area (TPSA) is 105 Å². The summed E-state index contributed by atoms with van der Waals surface area (Å²) in [5, 5.41) is 0. The van der Waals surface area contributed by atoms with Crippen LogP contribution in [0.25, 0.3) is 0 Å². The van der Waals surface area contributed by atoms with E-state index in [9.17, 15) is 19.2 Å². The Morgan fingerprint density at radius 2 is 1.37 bits per heavy atom. The van der Waals surface area contributed by atoms with Crippen LogP contribution in [0.4, 0.5) is 0 Å². The highest BCUT2D eigenvalue weighted by molar-refractivity contribution is 5.87. The van der Waals surface area contributed by atoms with Gasteiger partial charge in [0.2, 0.25) is 0 Å². The number of hydrogen-bond acceptors (Lipinski definition) is 8. The summed E-state index contributed by atoms with van der Waals surface area (Å²) < 4.78 is 22.0. The van der Waals surface area contributed by atoms with Gasteiger partial charge in [-0.2, -0.15) is 0 Å². The van der Waals surface area contributed by atoms with Crippen LogP contribution in [0.3, 0.4) is 0 Å². The van der Waals surface area contributed by atoms with Crippen LogP contribution in [0.5, 0.6) is 11.5 Å². The first kappa shape index (κ1) is 35.0. The zero-order chi connectivity index (χ0) is 31.8. The number of unbranched alkanes of at least 4 members (excludes halogenated alkanes) is 2. The maximum Gasteiger partial charge on any atom is 0.333 e. The van der Waals surface area contributed by atoms with E-state index >= 15 is 0 Å². The van der Waals surface area contributed by atoms with Gasteiger partial charge in [-0.15, -0.1) is 0 Å². The van der Waals surface area contributed by atoms with E-state index in [1.807, 2.05) is 44.2 Å². The number of esters is 3. The second kappa shape index (κ2) is 18.4. The van der Waals surface area contributed by atoms with Gasteiger partial charge in [0.05, 0.1) is 13.2 Å². The third-order valence-corrected chi connectivity index (χ3v) is 6.64. The molecule has 0 saturated heterocycles. The number of ether oxygens (including phenoxy) is 4. The molecule has 232 valence electrons. The van der Waals surface area contributed by atoms with E-state index in [2.05, 4.69) is 19.2 Å². The first-order chi connectivity index (χ1) is 20.5. The van der Waals surface area contributed by atoms with Gasteiger partial charge in [-0.3, -0.25) is 4.79 Å². The number of carbonyl (C=O) groups excluding carboxylic acids is 4. The molecular formula is C35H44O8. The highest BCUT2D eigenvalue weighted by atomic mass is 16.5. The number of carbonyl (C=O) groups is 4. The monoisotopic (exact) mass is 592 g/mol. The van der Waals surface area contributed by atoms with Gasteiger partial charge < -0.3 is 23.7 Å². The van der Waals surface area contributed by atoms with Crippen molar-refractivity contribution in [3.8, 4) is 11.5 Å². The molecule has 2 aromatic rings. The predicted octanol–water partition coefficient (Wildman–Crippen LogP) is 6.72. The molecule has 1 unspecified atom stereocenters. The van der Waals surface area contributed by atoms with E-state index in [1.54, 1.807) is 13.8 Å². The smallest absolute Gasteiger partial charge is 0.333 e. The summed E-state index contributed by atoms with van der Waals surface area (Å²) in [5.41, 5.74) is 4.73. The lowest BCUT2D eigenvalue weighted by Crippen LogP contribution is -2.21. The number of rotatable bonds is 19. The largest absolute Gasteiger partial charge is 0.490 e. The van der Waals surface area contributed by atoms with Crippen LogP contribution in [0, 0.1) is 13.8 Å². The minimum absolute atomic E-state index is 0.186. The number of benzene rings is 2. The van der Waals surface area contributed by atoms with Crippen molar-refractivity contribution in [2.75, 3.05) is 13.2 Å². The SMILES string of the molecule is C=C(C)C(=O)OCCCCCC(=O)Oc1ccc(Cc2ccc(OC(CCC=O)CCOC(=O)C(=C)C)c(C)c2)cc1C. The quantitative estimate of drug-likeness (QED) is 0.0582. The summed E-state index contributed by atoms with van der Waals surface area (Å²) in [7, 11) is 0. The molecule has 43 heavy (non-hydrogen) atoms. The Hall–Kier alpha value is -4.20. The molecule has 0 N–H and O–H groups in total. The summed E-state index contributed by atoms with van der Waals surface area (Å²) in [6.45, 7) is 14.7. The van der Waals surface area contributed by atoms with Crippen molar-refractivity contribution in [3.63, 3.8) is 0 Å². The molecule has 0 aliphatic heterocycles. The van der Waals surface area contributed by atoms with E-state index in [-0.39, 0.29) is 18.7 Å². The standard InChI is InChI=1S/C35H44O8/c1-24(2)34(38)40-19-9-7-8-12-33(37)43-32-16-14-29(22-27(32)6)23-28-13-15-31(26(5)21-28)42-30(11-10-18-36)17-20-41-35(39)25(3)4/h13-16,18,21-22,30H,1,3,7-12,17,19-20,23H2,2,4-6H3. The van der Waals surface area contributed by atoms with E-state index in [4.69, 9.17) is 18.9 Å². The predicted molar refractivity (Wildman–Crippen MR) is 165 cm³/mol. The number of aryl methyl sites for hydroxylation is 2. The highest BCUT2D eigenvalue weighted by Crippen LogP contribution is 2.26. The second-order valence-corrected chi connectivity index (χ2v) is 10.8. The molecule has 2 rings (SSSR count). The molecular weight excluding hydrogens is 548 g/mol. The third kappa shape index (κ3) is 13.1. The van der Waals surface area contributed by atoms with Crippen LogP contribution < -0.4 is 9.47 Å².